The molecule has 132 valence electrons. The lowest BCUT2D eigenvalue weighted by Crippen LogP contribution is -2.47. The van der Waals surface area contributed by atoms with Crippen molar-refractivity contribution in [1.82, 2.24) is 9.29 Å². The van der Waals surface area contributed by atoms with Crippen molar-refractivity contribution in [3.05, 3.63) is 23.5 Å². The maximum Gasteiger partial charge on any atom is 0.339 e. The lowest BCUT2D eigenvalue weighted by Gasteiger charge is -2.35. The molecule has 1 aliphatic heterocycles. The fraction of sp³-hybridized carbons (Fsp3) is 0.533. The van der Waals surface area contributed by atoms with Gasteiger partial charge in [-0.1, -0.05) is 0 Å². The maximum absolute atomic E-state index is 12.9. The molecule has 2 unspecified atom stereocenters. The average molecular weight is 356 g/mol. The summed E-state index contributed by atoms with van der Waals surface area (Å²) in [6.07, 6.45) is 2.07. The molecule has 1 aliphatic rings. The van der Waals surface area contributed by atoms with Crippen LogP contribution in [0.15, 0.2) is 17.2 Å². The average Bonchev–Trinajstić information content (AvgIpc) is 2.54. The van der Waals surface area contributed by atoms with Gasteiger partial charge < -0.3 is 9.84 Å². The Morgan fingerprint density at radius 2 is 2.04 bits per heavy atom. The minimum absolute atomic E-state index is 0.0676. The molecule has 0 spiro atoms. The number of esters is 1. The molecule has 0 saturated carbocycles. The van der Waals surface area contributed by atoms with Gasteiger partial charge in [0.05, 0.1) is 24.3 Å². The summed E-state index contributed by atoms with van der Waals surface area (Å²) in [4.78, 5) is 26.8. The molecule has 1 N–H and O–H groups in total. The normalized spacial score (nSPS) is 22.1. The molecule has 1 fully saturated rings. The van der Waals surface area contributed by atoms with Gasteiger partial charge in [0.1, 0.15) is 4.90 Å². The largest absolute Gasteiger partial charge is 0.481 e. The third-order valence-corrected chi connectivity index (χ3v) is 6.19. The van der Waals surface area contributed by atoms with Gasteiger partial charge in [-0.15, -0.1) is 0 Å². The van der Waals surface area contributed by atoms with Gasteiger partial charge in [0.25, 0.3) is 0 Å². The molecule has 2 heterocycles. The van der Waals surface area contributed by atoms with E-state index in [1.807, 2.05) is 0 Å². The number of aliphatic carboxylic acids is 1. The lowest BCUT2D eigenvalue weighted by atomic mass is 9.96. The number of hydrogen-bond donors (Lipinski definition) is 1. The van der Waals surface area contributed by atoms with Crippen molar-refractivity contribution >= 4 is 22.0 Å². The van der Waals surface area contributed by atoms with Crippen molar-refractivity contribution in [2.45, 2.75) is 37.6 Å². The molecular weight excluding hydrogens is 336 g/mol. The van der Waals surface area contributed by atoms with Gasteiger partial charge >= 0.3 is 11.9 Å². The number of carbonyl (C=O) groups excluding carboxylic acids is 1. The Morgan fingerprint density at radius 3 is 2.62 bits per heavy atom. The topological polar surface area (TPSA) is 114 Å². The highest BCUT2D eigenvalue weighted by Gasteiger charge is 2.38. The van der Waals surface area contributed by atoms with Crippen LogP contribution >= 0.6 is 0 Å². The summed E-state index contributed by atoms with van der Waals surface area (Å²) in [5.74, 6) is -2.43. The predicted molar refractivity (Wildman–Crippen MR) is 84.0 cm³/mol. The second-order valence-electron chi connectivity index (χ2n) is 5.83. The summed E-state index contributed by atoms with van der Waals surface area (Å²) in [5, 5.41) is 9.17. The number of hydrogen-bond acceptors (Lipinski definition) is 6. The molecule has 0 bridgehead atoms. The SMILES string of the molecule is COC(=O)c1cc(S(=O)(=O)N2CC(C(=O)O)CCC2C)cnc1C. The van der Waals surface area contributed by atoms with E-state index in [2.05, 4.69) is 9.72 Å². The number of rotatable bonds is 4. The number of aryl methyl sites for hydroxylation is 1. The van der Waals surface area contributed by atoms with Crippen LogP contribution < -0.4 is 0 Å². The van der Waals surface area contributed by atoms with E-state index >= 15 is 0 Å². The third kappa shape index (κ3) is 3.41. The lowest BCUT2D eigenvalue weighted by molar-refractivity contribution is -0.143. The third-order valence-electron chi connectivity index (χ3n) is 4.25. The van der Waals surface area contributed by atoms with Crippen molar-refractivity contribution in [1.29, 1.82) is 0 Å². The number of carbonyl (C=O) groups is 2. The molecule has 0 amide bonds. The quantitative estimate of drug-likeness (QED) is 0.802. The number of pyridine rings is 1. The van der Waals surface area contributed by atoms with E-state index in [-0.39, 0.29) is 23.0 Å². The molecule has 2 atom stereocenters. The molecule has 0 radical (unpaired) electrons. The molecule has 1 aromatic rings. The summed E-state index contributed by atoms with van der Waals surface area (Å²) in [6, 6.07) is 0.897. The minimum atomic E-state index is -3.96. The first-order chi connectivity index (χ1) is 11.2. The van der Waals surface area contributed by atoms with Crippen LogP contribution in [0.5, 0.6) is 0 Å². The van der Waals surface area contributed by atoms with Crippen molar-refractivity contribution in [2.24, 2.45) is 5.92 Å². The Labute approximate surface area is 140 Å². The Morgan fingerprint density at radius 1 is 1.38 bits per heavy atom. The first-order valence-electron chi connectivity index (χ1n) is 7.48. The fourth-order valence-corrected chi connectivity index (χ4v) is 4.40. The molecule has 0 aromatic carbocycles. The molecule has 24 heavy (non-hydrogen) atoms. The van der Waals surface area contributed by atoms with Gasteiger partial charge in [0, 0.05) is 18.8 Å². The van der Waals surface area contributed by atoms with Gasteiger partial charge in [0.15, 0.2) is 0 Å². The van der Waals surface area contributed by atoms with Gasteiger partial charge in [-0.2, -0.15) is 4.31 Å². The summed E-state index contributed by atoms with van der Waals surface area (Å²) >= 11 is 0. The monoisotopic (exact) mass is 356 g/mol. The molecule has 1 saturated heterocycles. The maximum atomic E-state index is 12.9. The van der Waals surface area contributed by atoms with E-state index in [0.717, 1.165) is 0 Å². The van der Waals surface area contributed by atoms with Crippen molar-refractivity contribution in [3.63, 3.8) is 0 Å². The van der Waals surface area contributed by atoms with Crippen LogP contribution in [0.1, 0.15) is 35.8 Å². The minimum Gasteiger partial charge on any atom is -0.481 e. The van der Waals surface area contributed by atoms with E-state index in [1.54, 1.807) is 13.8 Å². The van der Waals surface area contributed by atoms with Crippen molar-refractivity contribution in [2.75, 3.05) is 13.7 Å². The predicted octanol–water partition coefficient (Wildman–Crippen LogP) is 1.05. The number of carboxylic acid groups (broad SMARTS) is 1. The Hall–Kier alpha value is -2.00. The van der Waals surface area contributed by atoms with Crippen LogP contribution in [0.3, 0.4) is 0 Å². The van der Waals surface area contributed by atoms with Crippen molar-refractivity contribution < 1.29 is 27.9 Å². The zero-order valence-corrected chi connectivity index (χ0v) is 14.5. The molecule has 2 rings (SSSR count). The number of carboxylic acids is 1. The van der Waals surface area contributed by atoms with E-state index in [1.165, 1.54) is 23.7 Å². The van der Waals surface area contributed by atoms with Crippen LogP contribution in [-0.2, 0) is 19.6 Å². The second-order valence-corrected chi connectivity index (χ2v) is 7.72. The summed E-state index contributed by atoms with van der Waals surface area (Å²) < 4.78 is 31.6. The molecular formula is C15H20N2O6S. The highest BCUT2D eigenvalue weighted by molar-refractivity contribution is 7.89. The zero-order valence-electron chi connectivity index (χ0n) is 13.7. The highest BCUT2D eigenvalue weighted by Crippen LogP contribution is 2.28. The van der Waals surface area contributed by atoms with Gasteiger partial charge in [0.2, 0.25) is 10.0 Å². The summed E-state index contributed by atoms with van der Waals surface area (Å²) in [7, 11) is -2.76. The van der Waals surface area contributed by atoms with E-state index in [4.69, 9.17) is 5.11 Å². The summed E-state index contributed by atoms with van der Waals surface area (Å²) in [6.45, 7) is 3.21. The van der Waals surface area contributed by atoms with Crippen LogP contribution in [0.25, 0.3) is 0 Å². The Kier molecular flexibility index (Phi) is 5.24. The molecule has 0 aliphatic carbocycles. The zero-order chi connectivity index (χ0) is 18.1. The number of sulfonamides is 1. The van der Waals surface area contributed by atoms with Crippen molar-refractivity contribution in [3.8, 4) is 0 Å². The van der Waals surface area contributed by atoms with Gasteiger partial charge in [-0.05, 0) is 32.8 Å². The molecule has 1 aromatic heterocycles. The number of ether oxygens (including phenoxy) is 1. The first kappa shape index (κ1) is 18.3. The molecule has 8 nitrogen and oxygen atoms in total. The Balaban J connectivity index is 2.42. The smallest absolute Gasteiger partial charge is 0.339 e. The van der Waals surface area contributed by atoms with Crippen LogP contribution in [-0.4, -0.2) is 54.4 Å². The first-order valence-corrected chi connectivity index (χ1v) is 8.92. The van der Waals surface area contributed by atoms with E-state index in [9.17, 15) is 18.0 Å². The van der Waals surface area contributed by atoms with Crippen LogP contribution in [0.4, 0.5) is 0 Å². The van der Waals surface area contributed by atoms with E-state index < -0.39 is 27.9 Å². The van der Waals surface area contributed by atoms with E-state index in [0.29, 0.717) is 18.5 Å². The summed E-state index contributed by atoms with van der Waals surface area (Å²) in [5.41, 5.74) is 0.425. The van der Waals surface area contributed by atoms with Gasteiger partial charge in [-0.3, -0.25) is 9.78 Å². The Bertz CT molecular complexity index is 761. The van der Waals surface area contributed by atoms with Crippen LogP contribution in [0.2, 0.25) is 0 Å². The molecule has 9 heteroatoms. The number of methoxy groups -OCH3 is 1. The second kappa shape index (κ2) is 6.86. The number of aromatic nitrogens is 1. The fourth-order valence-electron chi connectivity index (χ4n) is 2.72. The highest BCUT2D eigenvalue weighted by atomic mass is 32.2. The number of nitrogens with zero attached hydrogens (tertiary/aromatic N) is 2. The number of piperidine rings is 1. The van der Waals surface area contributed by atoms with Crippen LogP contribution in [0, 0.1) is 12.8 Å². The van der Waals surface area contributed by atoms with Gasteiger partial charge in [-0.25, -0.2) is 13.2 Å². The standard InChI is InChI=1S/C15H20N2O6S/c1-9-4-5-11(14(18)19)8-17(9)24(21,22)12-6-13(15(20)23-3)10(2)16-7-12/h6-7,9,11H,4-5,8H2,1-3H3,(H,18,19).